The van der Waals surface area contributed by atoms with Crippen LogP contribution in [-0.2, 0) is 38.8 Å². The molecule has 0 saturated heterocycles. The average Bonchev–Trinajstić information content (AvgIpc) is 3.44. The van der Waals surface area contributed by atoms with Crippen LogP contribution in [0.2, 0.25) is 0 Å². The Bertz CT molecular complexity index is 1860. The highest BCUT2D eigenvalue weighted by Gasteiger charge is 2.23. The normalized spacial score (nSPS) is 11.5. The molecule has 5 aromatic rings. The molecule has 47 heavy (non-hydrogen) atoms. The minimum Gasteiger partial charge on any atom is -0.487 e. The van der Waals surface area contributed by atoms with Crippen molar-refractivity contribution in [2.75, 3.05) is 0 Å². The van der Waals surface area contributed by atoms with Crippen molar-refractivity contribution in [1.82, 2.24) is 9.88 Å². The molecule has 5 rings (SSSR count). The standard InChI is InChI=1S/C38H36N2O7/c1-38(2,3)47-36(42)39-32(35(41)45-25-28-16-9-5-10-17-28)22-30-23-40(37(43)46-26-29-18-11-6-12-19-29)34-31(30)20-13-21-33(34)44-24-27-14-7-4-8-15-27/h4-23H,24-26H2,1-3H3,(H,39,42)/b32-22-. The number of amides is 1. The van der Waals surface area contributed by atoms with E-state index in [0.29, 0.717) is 22.2 Å². The molecule has 0 aliphatic carbocycles. The van der Waals surface area contributed by atoms with Gasteiger partial charge in [-0.05, 0) is 49.6 Å². The first-order valence-corrected chi connectivity index (χ1v) is 15.1. The Hall–Kier alpha value is -5.83. The van der Waals surface area contributed by atoms with Crippen LogP contribution < -0.4 is 10.1 Å². The first-order chi connectivity index (χ1) is 22.7. The van der Waals surface area contributed by atoms with Gasteiger partial charge in [-0.2, -0.15) is 0 Å². The number of hydrogen-bond acceptors (Lipinski definition) is 7. The van der Waals surface area contributed by atoms with E-state index in [1.807, 2.05) is 91.0 Å². The van der Waals surface area contributed by atoms with E-state index in [0.717, 1.165) is 16.7 Å². The molecular formula is C38H36N2O7. The van der Waals surface area contributed by atoms with E-state index in [9.17, 15) is 14.4 Å². The van der Waals surface area contributed by atoms with Crippen LogP contribution in [0.25, 0.3) is 17.0 Å². The summed E-state index contributed by atoms with van der Waals surface area (Å²) >= 11 is 0. The first-order valence-electron chi connectivity index (χ1n) is 15.1. The van der Waals surface area contributed by atoms with Crippen LogP contribution in [0.15, 0.2) is 121 Å². The average molecular weight is 633 g/mol. The zero-order valence-electron chi connectivity index (χ0n) is 26.5. The summed E-state index contributed by atoms with van der Waals surface area (Å²) in [6.07, 6.45) is 1.50. The van der Waals surface area contributed by atoms with Crippen LogP contribution in [0.1, 0.15) is 43.0 Å². The molecule has 1 amide bonds. The molecule has 4 aromatic carbocycles. The molecule has 0 saturated carbocycles. The topological polar surface area (TPSA) is 105 Å². The molecule has 9 nitrogen and oxygen atoms in total. The monoisotopic (exact) mass is 632 g/mol. The van der Waals surface area contributed by atoms with Crippen molar-refractivity contribution in [2.24, 2.45) is 0 Å². The van der Waals surface area contributed by atoms with E-state index in [1.54, 1.807) is 39.0 Å². The number of nitrogens with one attached hydrogen (secondary N) is 1. The van der Waals surface area contributed by atoms with E-state index < -0.39 is 23.8 Å². The summed E-state index contributed by atoms with van der Waals surface area (Å²) in [5.41, 5.74) is 2.42. The Morgan fingerprint density at radius 2 is 1.26 bits per heavy atom. The molecule has 1 N–H and O–H groups in total. The second-order valence-corrected chi connectivity index (χ2v) is 11.7. The van der Waals surface area contributed by atoms with Crippen LogP contribution >= 0.6 is 0 Å². The van der Waals surface area contributed by atoms with Gasteiger partial charge in [0.05, 0.1) is 0 Å². The fourth-order valence-corrected chi connectivity index (χ4v) is 4.69. The van der Waals surface area contributed by atoms with Crippen LogP contribution in [0, 0.1) is 0 Å². The minimum absolute atomic E-state index is 0.0158. The number of aromatic nitrogens is 1. The van der Waals surface area contributed by atoms with E-state index in [2.05, 4.69) is 5.32 Å². The van der Waals surface area contributed by atoms with Crippen LogP contribution in [0.4, 0.5) is 9.59 Å². The highest BCUT2D eigenvalue weighted by atomic mass is 16.6. The van der Waals surface area contributed by atoms with Gasteiger partial charge in [-0.25, -0.2) is 19.0 Å². The van der Waals surface area contributed by atoms with Crippen molar-refractivity contribution in [3.63, 3.8) is 0 Å². The molecule has 0 fully saturated rings. The van der Waals surface area contributed by atoms with E-state index in [4.69, 9.17) is 18.9 Å². The highest BCUT2D eigenvalue weighted by Crippen LogP contribution is 2.32. The van der Waals surface area contributed by atoms with Gasteiger partial charge in [-0.1, -0.05) is 103 Å². The molecule has 240 valence electrons. The second kappa shape index (κ2) is 15.0. The molecular weight excluding hydrogens is 596 g/mol. The summed E-state index contributed by atoms with van der Waals surface area (Å²) in [6, 6.07) is 33.5. The molecule has 0 bridgehead atoms. The molecule has 1 aromatic heterocycles. The first kappa shape index (κ1) is 32.6. The molecule has 1 heterocycles. The van der Waals surface area contributed by atoms with Gasteiger partial charge in [0.15, 0.2) is 0 Å². The quantitative estimate of drug-likeness (QED) is 0.0945. The fourth-order valence-electron chi connectivity index (χ4n) is 4.69. The van der Waals surface area contributed by atoms with Crippen molar-refractivity contribution < 1.29 is 33.3 Å². The van der Waals surface area contributed by atoms with Crippen molar-refractivity contribution in [2.45, 2.75) is 46.2 Å². The van der Waals surface area contributed by atoms with Crippen molar-refractivity contribution in [3.05, 3.63) is 143 Å². The fraction of sp³-hybridized carbons (Fsp3) is 0.184. The maximum absolute atomic E-state index is 13.6. The van der Waals surface area contributed by atoms with Crippen molar-refractivity contribution in [3.8, 4) is 5.75 Å². The van der Waals surface area contributed by atoms with Gasteiger partial charge in [0, 0.05) is 17.1 Å². The van der Waals surface area contributed by atoms with Crippen molar-refractivity contribution >= 4 is 35.1 Å². The number of carbonyl (C=O) groups excluding carboxylic acids is 3. The summed E-state index contributed by atoms with van der Waals surface area (Å²) in [5.74, 6) is -0.361. The molecule has 0 aliphatic rings. The number of rotatable bonds is 10. The summed E-state index contributed by atoms with van der Waals surface area (Å²) in [7, 11) is 0. The zero-order valence-corrected chi connectivity index (χ0v) is 26.5. The summed E-state index contributed by atoms with van der Waals surface area (Å²) < 4.78 is 24.2. The van der Waals surface area contributed by atoms with Gasteiger partial charge in [-0.15, -0.1) is 0 Å². The molecule has 0 unspecified atom stereocenters. The molecule has 0 aliphatic heterocycles. The predicted molar refractivity (Wildman–Crippen MR) is 178 cm³/mol. The van der Waals surface area contributed by atoms with Gasteiger partial charge >= 0.3 is 18.2 Å². The molecule has 0 spiro atoms. The lowest BCUT2D eigenvalue weighted by Gasteiger charge is -2.20. The van der Waals surface area contributed by atoms with Crippen LogP contribution in [-0.4, -0.2) is 28.3 Å². The highest BCUT2D eigenvalue weighted by molar-refractivity contribution is 6.03. The Morgan fingerprint density at radius 3 is 1.83 bits per heavy atom. The minimum atomic E-state index is -0.835. The number of carbonyl (C=O) groups is 3. The van der Waals surface area contributed by atoms with E-state index in [1.165, 1.54) is 16.8 Å². The molecule has 9 heteroatoms. The predicted octanol–water partition coefficient (Wildman–Crippen LogP) is 8.01. The zero-order chi connectivity index (χ0) is 33.2. The Kier molecular flexibility index (Phi) is 10.4. The number of nitrogens with zero attached hydrogens (tertiary/aromatic N) is 1. The van der Waals surface area contributed by atoms with Crippen molar-refractivity contribution in [1.29, 1.82) is 0 Å². The third-order valence-corrected chi connectivity index (χ3v) is 6.83. The van der Waals surface area contributed by atoms with Crippen LogP contribution in [0.3, 0.4) is 0 Å². The van der Waals surface area contributed by atoms with Crippen LogP contribution in [0.5, 0.6) is 5.75 Å². The maximum atomic E-state index is 13.6. The SMILES string of the molecule is CC(C)(C)OC(=O)N/C(=C\c1cn(C(=O)OCc2ccccc2)c2c(OCc3ccccc3)cccc12)C(=O)OCc1ccccc1. The lowest BCUT2D eigenvalue weighted by Crippen LogP contribution is -2.34. The van der Waals surface area contributed by atoms with E-state index in [-0.39, 0.29) is 25.5 Å². The number of hydrogen-bond donors (Lipinski definition) is 1. The maximum Gasteiger partial charge on any atom is 0.418 e. The number of fused-ring (bicyclic) bond motifs is 1. The number of benzene rings is 4. The van der Waals surface area contributed by atoms with Gasteiger partial charge in [0.25, 0.3) is 0 Å². The Morgan fingerprint density at radius 1 is 0.702 bits per heavy atom. The Labute approximate surface area is 273 Å². The lowest BCUT2D eigenvalue weighted by molar-refractivity contribution is -0.140. The summed E-state index contributed by atoms with van der Waals surface area (Å²) in [5, 5.41) is 3.11. The van der Waals surface area contributed by atoms with Gasteiger partial charge in [0.1, 0.15) is 42.4 Å². The third-order valence-electron chi connectivity index (χ3n) is 6.83. The Balaban J connectivity index is 1.53. The summed E-state index contributed by atoms with van der Waals surface area (Å²) in [4.78, 5) is 39.8. The molecule has 0 atom stereocenters. The number of ether oxygens (including phenoxy) is 4. The molecule has 0 radical (unpaired) electrons. The summed E-state index contributed by atoms with van der Waals surface area (Å²) in [6.45, 7) is 5.44. The second-order valence-electron chi connectivity index (χ2n) is 11.7. The number of alkyl carbamates (subject to hydrolysis) is 1. The smallest absolute Gasteiger partial charge is 0.418 e. The lowest BCUT2D eigenvalue weighted by atomic mass is 10.1. The van der Waals surface area contributed by atoms with Gasteiger partial charge in [0.2, 0.25) is 0 Å². The number of esters is 1. The van der Waals surface area contributed by atoms with Gasteiger partial charge in [-0.3, -0.25) is 5.32 Å². The third kappa shape index (κ3) is 9.11. The van der Waals surface area contributed by atoms with Gasteiger partial charge < -0.3 is 18.9 Å². The largest absolute Gasteiger partial charge is 0.487 e. The number of para-hydroxylation sites is 1. The van der Waals surface area contributed by atoms with E-state index >= 15 is 0 Å².